The van der Waals surface area contributed by atoms with Crippen molar-refractivity contribution in [3.8, 4) is 0 Å². The zero-order valence-corrected chi connectivity index (χ0v) is 16.7. The molecule has 0 saturated carbocycles. The number of Topliss-reactive ketones (excluding diaryl/α,β-unsaturated/α-hetero) is 2. The summed E-state index contributed by atoms with van der Waals surface area (Å²) < 4.78 is -1.26. The van der Waals surface area contributed by atoms with E-state index in [4.69, 9.17) is 0 Å². The van der Waals surface area contributed by atoms with Crippen LogP contribution in [-0.2, 0) is 11.2 Å². The third-order valence-electron chi connectivity index (χ3n) is 5.25. The van der Waals surface area contributed by atoms with Gasteiger partial charge in [-0.25, -0.2) is 0 Å². The van der Waals surface area contributed by atoms with Crippen molar-refractivity contribution in [1.29, 1.82) is 0 Å². The Morgan fingerprint density at radius 2 is 1.32 bits per heavy atom. The second-order valence-electron chi connectivity index (χ2n) is 7.10. The summed E-state index contributed by atoms with van der Waals surface area (Å²) in [6, 6.07) is 24.9. The van der Waals surface area contributed by atoms with Crippen molar-refractivity contribution in [3.05, 3.63) is 101 Å². The molecule has 2 nitrogen and oxygen atoms in total. The Labute approximate surface area is 170 Å². The molecule has 0 heterocycles. The third-order valence-corrected chi connectivity index (χ3v) is 6.67. The number of fused-ring (bicyclic) bond motifs is 1. The first-order valence-electron chi connectivity index (χ1n) is 9.69. The van der Waals surface area contributed by atoms with Crippen LogP contribution in [0.2, 0.25) is 0 Å². The number of hydrogen-bond donors (Lipinski definition) is 0. The number of thioether (sulfide) groups is 1. The van der Waals surface area contributed by atoms with Gasteiger partial charge in [-0.1, -0.05) is 91.8 Å². The van der Waals surface area contributed by atoms with E-state index in [1.54, 1.807) is 12.1 Å². The largest absolute Gasteiger partial charge is 0.292 e. The van der Waals surface area contributed by atoms with Gasteiger partial charge in [0, 0.05) is 16.0 Å². The summed E-state index contributed by atoms with van der Waals surface area (Å²) in [6.45, 7) is 2.17. The molecule has 4 rings (SSSR count). The van der Waals surface area contributed by atoms with Gasteiger partial charge in [0.1, 0.15) is 0 Å². The average molecular weight is 387 g/mol. The maximum atomic E-state index is 13.5. The molecule has 3 heteroatoms. The van der Waals surface area contributed by atoms with Crippen molar-refractivity contribution in [3.63, 3.8) is 0 Å². The number of carbonyl (C=O) groups is 2. The van der Waals surface area contributed by atoms with Gasteiger partial charge >= 0.3 is 0 Å². The SMILES string of the molecule is CCCCc1ccc(C2(Sc3ccccc3)C(=O)c3ccccc3C2=O)cc1. The van der Waals surface area contributed by atoms with E-state index in [2.05, 4.69) is 19.1 Å². The highest BCUT2D eigenvalue weighted by atomic mass is 32.2. The Morgan fingerprint density at radius 1 is 0.750 bits per heavy atom. The molecule has 3 aromatic rings. The molecule has 1 aliphatic rings. The zero-order valence-electron chi connectivity index (χ0n) is 15.9. The summed E-state index contributed by atoms with van der Waals surface area (Å²) in [5.74, 6) is -0.244. The van der Waals surface area contributed by atoms with E-state index in [0.717, 1.165) is 29.7 Å². The Morgan fingerprint density at radius 3 is 1.89 bits per heavy atom. The molecule has 0 spiro atoms. The fourth-order valence-corrected chi connectivity index (χ4v) is 5.03. The minimum absolute atomic E-state index is 0.122. The molecule has 3 aromatic carbocycles. The van der Waals surface area contributed by atoms with Crippen LogP contribution in [0.4, 0.5) is 0 Å². The Bertz CT molecular complexity index is 971. The van der Waals surface area contributed by atoms with E-state index in [1.807, 2.05) is 54.6 Å². The molecular formula is C25H22O2S. The predicted octanol–water partition coefficient (Wildman–Crippen LogP) is 6.10. The smallest absolute Gasteiger partial charge is 0.192 e. The molecule has 0 aliphatic heterocycles. The van der Waals surface area contributed by atoms with Gasteiger partial charge in [0.2, 0.25) is 0 Å². The summed E-state index contributed by atoms with van der Waals surface area (Å²) in [6.07, 6.45) is 3.28. The Kier molecular flexibility index (Phi) is 5.19. The lowest BCUT2D eigenvalue weighted by Crippen LogP contribution is -2.34. The highest BCUT2D eigenvalue weighted by Crippen LogP contribution is 2.50. The Balaban J connectivity index is 1.82. The molecule has 0 fully saturated rings. The molecule has 0 atom stereocenters. The van der Waals surface area contributed by atoms with Gasteiger partial charge in [-0.2, -0.15) is 0 Å². The minimum Gasteiger partial charge on any atom is -0.292 e. The molecule has 1 aliphatic carbocycles. The minimum atomic E-state index is -1.26. The van der Waals surface area contributed by atoms with Crippen LogP contribution in [0, 0.1) is 0 Å². The predicted molar refractivity (Wildman–Crippen MR) is 114 cm³/mol. The van der Waals surface area contributed by atoms with Crippen LogP contribution >= 0.6 is 11.8 Å². The van der Waals surface area contributed by atoms with Crippen molar-refractivity contribution in [2.24, 2.45) is 0 Å². The second kappa shape index (κ2) is 7.76. The van der Waals surface area contributed by atoms with Crippen LogP contribution in [0.15, 0.2) is 83.8 Å². The highest BCUT2D eigenvalue weighted by Gasteiger charge is 2.55. The fourth-order valence-electron chi connectivity index (χ4n) is 3.73. The van der Waals surface area contributed by atoms with Crippen LogP contribution in [0.1, 0.15) is 51.6 Å². The normalized spacial score (nSPS) is 14.9. The molecule has 0 radical (unpaired) electrons. The quantitative estimate of drug-likeness (QED) is 0.480. The Hall–Kier alpha value is -2.65. The van der Waals surface area contributed by atoms with E-state index in [-0.39, 0.29) is 11.6 Å². The van der Waals surface area contributed by atoms with Gasteiger partial charge in [0.25, 0.3) is 0 Å². The molecule has 0 amide bonds. The molecule has 0 bridgehead atoms. The van der Waals surface area contributed by atoms with Crippen LogP contribution < -0.4 is 0 Å². The topological polar surface area (TPSA) is 34.1 Å². The molecule has 0 unspecified atom stereocenters. The first kappa shape index (κ1) is 18.7. The first-order valence-corrected chi connectivity index (χ1v) is 10.5. The van der Waals surface area contributed by atoms with E-state index >= 15 is 0 Å². The summed E-state index contributed by atoms with van der Waals surface area (Å²) in [5, 5.41) is 0. The number of benzene rings is 3. The maximum Gasteiger partial charge on any atom is 0.192 e. The molecule has 0 saturated heterocycles. The molecule has 0 aromatic heterocycles. The van der Waals surface area contributed by atoms with Gasteiger partial charge in [0.15, 0.2) is 16.3 Å². The van der Waals surface area contributed by atoms with Crippen LogP contribution in [0.25, 0.3) is 0 Å². The van der Waals surface area contributed by atoms with Crippen LogP contribution in [0.5, 0.6) is 0 Å². The van der Waals surface area contributed by atoms with E-state index in [1.165, 1.54) is 17.3 Å². The summed E-state index contributed by atoms with van der Waals surface area (Å²) in [4.78, 5) is 28.0. The lowest BCUT2D eigenvalue weighted by atomic mass is 9.91. The molecule has 28 heavy (non-hydrogen) atoms. The number of carbonyl (C=O) groups excluding carboxylic acids is 2. The highest BCUT2D eigenvalue weighted by molar-refractivity contribution is 8.02. The number of hydrogen-bond acceptors (Lipinski definition) is 3. The van der Waals surface area contributed by atoms with Gasteiger partial charge in [-0.3, -0.25) is 9.59 Å². The molecule has 140 valence electrons. The number of unbranched alkanes of at least 4 members (excludes halogenated alkanes) is 1. The standard InChI is InChI=1S/C25H22O2S/c1-2-3-9-18-14-16-19(17-15-18)25(28-20-10-5-4-6-11-20)23(26)21-12-7-8-13-22(21)24(25)27/h4-8,10-17H,2-3,9H2,1H3. The summed E-state index contributed by atoms with van der Waals surface area (Å²) >= 11 is 1.35. The zero-order chi connectivity index (χ0) is 19.6. The number of rotatable bonds is 6. The number of ketones is 2. The monoisotopic (exact) mass is 386 g/mol. The van der Waals surface area contributed by atoms with Crippen molar-refractivity contribution >= 4 is 23.3 Å². The van der Waals surface area contributed by atoms with E-state index in [0.29, 0.717) is 11.1 Å². The van der Waals surface area contributed by atoms with Crippen molar-refractivity contribution < 1.29 is 9.59 Å². The number of aryl methyl sites for hydroxylation is 1. The third kappa shape index (κ3) is 3.10. The van der Waals surface area contributed by atoms with Crippen LogP contribution in [0.3, 0.4) is 0 Å². The van der Waals surface area contributed by atoms with E-state index < -0.39 is 4.75 Å². The van der Waals surface area contributed by atoms with Crippen LogP contribution in [-0.4, -0.2) is 11.6 Å². The van der Waals surface area contributed by atoms with Gasteiger partial charge in [0.05, 0.1) is 0 Å². The second-order valence-corrected chi connectivity index (χ2v) is 8.39. The van der Waals surface area contributed by atoms with Crippen molar-refractivity contribution in [1.82, 2.24) is 0 Å². The first-order chi connectivity index (χ1) is 13.7. The van der Waals surface area contributed by atoms with Crippen molar-refractivity contribution in [2.45, 2.75) is 35.8 Å². The molecular weight excluding hydrogens is 364 g/mol. The van der Waals surface area contributed by atoms with Crippen molar-refractivity contribution in [2.75, 3.05) is 0 Å². The lowest BCUT2D eigenvalue weighted by molar-refractivity contribution is 0.0866. The van der Waals surface area contributed by atoms with Gasteiger partial charge in [-0.15, -0.1) is 0 Å². The summed E-state index contributed by atoms with van der Waals surface area (Å²) in [5.41, 5.74) is 3.03. The van der Waals surface area contributed by atoms with E-state index in [9.17, 15) is 9.59 Å². The van der Waals surface area contributed by atoms with Gasteiger partial charge < -0.3 is 0 Å². The molecule has 0 N–H and O–H groups in total. The summed E-state index contributed by atoms with van der Waals surface area (Å²) in [7, 11) is 0. The fraction of sp³-hybridized carbons (Fsp3) is 0.200. The average Bonchev–Trinajstić information content (AvgIpc) is 2.96. The maximum absolute atomic E-state index is 13.5. The lowest BCUT2D eigenvalue weighted by Gasteiger charge is -2.26. The van der Waals surface area contributed by atoms with Gasteiger partial charge in [-0.05, 0) is 36.1 Å².